The molecule has 1 aliphatic heterocycles. The van der Waals surface area contributed by atoms with Crippen LogP contribution in [0.1, 0.15) is 16.7 Å². The van der Waals surface area contributed by atoms with E-state index in [0.29, 0.717) is 16.3 Å². The first-order valence-electron chi connectivity index (χ1n) is 10.4. The van der Waals surface area contributed by atoms with Crippen LogP contribution in [-0.4, -0.2) is 26.3 Å². The number of aryl methyl sites for hydroxylation is 2. The third-order valence-electron chi connectivity index (χ3n) is 5.42. The molecule has 0 spiro atoms. The Hall–Kier alpha value is -3.47. The molecule has 1 heterocycles. The molecule has 0 aliphatic carbocycles. The zero-order valence-electron chi connectivity index (χ0n) is 18.9. The van der Waals surface area contributed by atoms with E-state index in [1.165, 1.54) is 48.5 Å². The van der Waals surface area contributed by atoms with Gasteiger partial charge < -0.3 is 4.18 Å². The van der Waals surface area contributed by atoms with Crippen molar-refractivity contribution < 1.29 is 27.0 Å². The smallest absolute Gasteiger partial charge is 0.339 e. The van der Waals surface area contributed by atoms with Gasteiger partial charge in [0.1, 0.15) is 10.5 Å². The van der Waals surface area contributed by atoms with Crippen molar-refractivity contribution in [3.8, 4) is 5.75 Å². The van der Waals surface area contributed by atoms with Gasteiger partial charge in [-0.3, -0.25) is 14.9 Å². The minimum atomic E-state index is -4.13. The maximum absolute atomic E-state index is 13.1. The molecule has 11 heteroatoms. The van der Waals surface area contributed by atoms with E-state index < -0.39 is 28.0 Å². The average Bonchev–Trinajstić information content (AvgIpc) is 2.81. The molecule has 0 atom stereocenters. The summed E-state index contributed by atoms with van der Waals surface area (Å²) in [5.41, 5.74) is 2.33. The van der Waals surface area contributed by atoms with E-state index >= 15 is 0 Å². The highest BCUT2D eigenvalue weighted by Crippen LogP contribution is 2.31. The number of nitrogens with one attached hydrogen (secondary N) is 1. The number of urea groups is 1. The van der Waals surface area contributed by atoms with E-state index in [0.717, 1.165) is 16.0 Å². The Morgan fingerprint density at radius 1 is 0.944 bits per heavy atom. The largest absolute Gasteiger partial charge is 0.378 e. The molecule has 1 saturated heterocycles. The third-order valence-corrected chi connectivity index (χ3v) is 7.54. The highest BCUT2D eigenvalue weighted by Gasteiger charge is 2.37. The number of hydrogen-bond donors (Lipinski definition) is 1. The van der Waals surface area contributed by atoms with E-state index in [1.807, 2.05) is 13.8 Å². The standard InChI is InChI=1S/C25H18BrClN2O6S/c1-14-3-7-18(11-15(14)2)29-24(31)20(23(30)28-25(29)32)12-16-4-10-22(21(26)13-16)35-36(33,34)19-8-5-17(27)6-9-19/h3-13H,1-2H3,(H,28,30,32)/b20-12+. The number of rotatable bonds is 5. The molecule has 3 aromatic carbocycles. The fourth-order valence-electron chi connectivity index (χ4n) is 3.37. The van der Waals surface area contributed by atoms with Gasteiger partial charge in [-0.1, -0.05) is 23.7 Å². The minimum Gasteiger partial charge on any atom is -0.378 e. The van der Waals surface area contributed by atoms with Crippen molar-refractivity contribution >= 4 is 67.3 Å². The topological polar surface area (TPSA) is 110 Å². The highest BCUT2D eigenvalue weighted by molar-refractivity contribution is 9.10. The first-order chi connectivity index (χ1) is 17.0. The van der Waals surface area contributed by atoms with Crippen molar-refractivity contribution in [3.63, 3.8) is 0 Å². The zero-order chi connectivity index (χ0) is 26.2. The van der Waals surface area contributed by atoms with Crippen molar-refractivity contribution in [1.82, 2.24) is 5.32 Å². The van der Waals surface area contributed by atoms with Gasteiger partial charge in [-0.25, -0.2) is 9.69 Å². The number of benzene rings is 3. The van der Waals surface area contributed by atoms with Crippen molar-refractivity contribution in [3.05, 3.63) is 92.4 Å². The van der Waals surface area contributed by atoms with Crippen LogP contribution in [0.2, 0.25) is 5.02 Å². The molecule has 0 radical (unpaired) electrons. The highest BCUT2D eigenvalue weighted by atomic mass is 79.9. The van der Waals surface area contributed by atoms with E-state index in [4.69, 9.17) is 15.8 Å². The van der Waals surface area contributed by atoms with E-state index in [-0.39, 0.29) is 20.7 Å². The maximum atomic E-state index is 13.1. The number of halogens is 2. The summed E-state index contributed by atoms with van der Waals surface area (Å²) in [6, 6.07) is 14.1. The summed E-state index contributed by atoms with van der Waals surface area (Å²) in [6.45, 7) is 3.75. The van der Waals surface area contributed by atoms with E-state index in [9.17, 15) is 22.8 Å². The van der Waals surface area contributed by atoms with Gasteiger partial charge in [-0.2, -0.15) is 8.42 Å². The number of barbiturate groups is 1. The normalized spacial score (nSPS) is 15.3. The van der Waals surface area contributed by atoms with Crippen LogP contribution < -0.4 is 14.4 Å². The van der Waals surface area contributed by atoms with Gasteiger partial charge in [-0.15, -0.1) is 0 Å². The minimum absolute atomic E-state index is 0.00143. The number of nitrogens with zero attached hydrogens (tertiary/aromatic N) is 1. The van der Waals surface area contributed by atoms with Crippen molar-refractivity contribution in [2.75, 3.05) is 4.90 Å². The first kappa shape index (κ1) is 25.6. The summed E-state index contributed by atoms with van der Waals surface area (Å²) in [5, 5.41) is 2.56. The number of imide groups is 2. The van der Waals surface area contributed by atoms with Crippen molar-refractivity contribution in [2.45, 2.75) is 18.7 Å². The lowest BCUT2D eigenvalue weighted by molar-refractivity contribution is -0.122. The Labute approximate surface area is 220 Å². The fourth-order valence-corrected chi connectivity index (χ4v) is 5.02. The summed E-state index contributed by atoms with van der Waals surface area (Å²) in [5.74, 6) is -1.63. The van der Waals surface area contributed by atoms with E-state index in [2.05, 4.69) is 21.2 Å². The summed E-state index contributed by atoms with van der Waals surface area (Å²) in [6.07, 6.45) is 1.31. The van der Waals surface area contributed by atoms with Crippen LogP contribution in [0.5, 0.6) is 5.75 Å². The first-order valence-corrected chi connectivity index (χ1v) is 13.0. The second kappa shape index (κ2) is 9.88. The summed E-state index contributed by atoms with van der Waals surface area (Å²) in [4.78, 5) is 38.8. The van der Waals surface area contributed by atoms with Gasteiger partial charge in [0, 0.05) is 5.02 Å². The van der Waals surface area contributed by atoms with Gasteiger partial charge in [0.2, 0.25) is 0 Å². The molecular formula is C25H18BrClN2O6S. The Morgan fingerprint density at radius 2 is 1.64 bits per heavy atom. The quantitative estimate of drug-likeness (QED) is 0.250. The number of carbonyl (C=O) groups is 3. The molecule has 1 fully saturated rings. The Bertz CT molecular complexity index is 1550. The van der Waals surface area contributed by atoms with Gasteiger partial charge >= 0.3 is 16.1 Å². The van der Waals surface area contributed by atoms with Gasteiger partial charge in [0.25, 0.3) is 11.8 Å². The van der Waals surface area contributed by atoms with E-state index in [1.54, 1.807) is 18.2 Å². The molecule has 0 saturated carbocycles. The molecule has 184 valence electrons. The van der Waals surface area contributed by atoms with Gasteiger partial charge in [0.05, 0.1) is 10.2 Å². The van der Waals surface area contributed by atoms with Gasteiger partial charge in [-0.05, 0) is 101 Å². The zero-order valence-corrected chi connectivity index (χ0v) is 22.1. The Balaban J connectivity index is 1.62. The second-order valence-electron chi connectivity index (χ2n) is 7.91. The lowest BCUT2D eigenvalue weighted by Crippen LogP contribution is -2.54. The third kappa shape index (κ3) is 5.20. The lowest BCUT2D eigenvalue weighted by atomic mass is 10.1. The Morgan fingerprint density at radius 3 is 2.28 bits per heavy atom. The fraction of sp³-hybridized carbons (Fsp3) is 0.0800. The Kier molecular flexibility index (Phi) is 7.03. The molecule has 0 aromatic heterocycles. The molecule has 3 aromatic rings. The van der Waals surface area contributed by atoms with Crippen LogP contribution in [0.15, 0.2) is 75.6 Å². The molecule has 0 bridgehead atoms. The van der Waals surface area contributed by atoms with Gasteiger partial charge in [0.15, 0.2) is 5.75 Å². The number of hydrogen-bond acceptors (Lipinski definition) is 6. The molecule has 1 N–H and O–H groups in total. The van der Waals surface area contributed by atoms with Crippen LogP contribution in [0.25, 0.3) is 6.08 Å². The summed E-state index contributed by atoms with van der Waals surface area (Å²) in [7, 11) is -4.13. The summed E-state index contributed by atoms with van der Waals surface area (Å²) < 4.78 is 30.6. The molecule has 4 amide bonds. The number of amides is 4. The average molecular weight is 590 g/mol. The molecular weight excluding hydrogens is 572 g/mol. The number of anilines is 1. The van der Waals surface area contributed by atoms with Crippen LogP contribution >= 0.6 is 27.5 Å². The predicted molar refractivity (Wildman–Crippen MR) is 138 cm³/mol. The second-order valence-corrected chi connectivity index (χ2v) is 10.7. The number of carbonyl (C=O) groups excluding carboxylic acids is 3. The SMILES string of the molecule is Cc1ccc(N2C(=O)NC(=O)/C(=C\c3ccc(OS(=O)(=O)c4ccc(Cl)cc4)c(Br)c3)C2=O)cc1C. The maximum Gasteiger partial charge on any atom is 0.339 e. The van der Waals surface area contributed by atoms with Crippen LogP contribution in [-0.2, 0) is 19.7 Å². The molecule has 8 nitrogen and oxygen atoms in total. The summed E-state index contributed by atoms with van der Waals surface area (Å²) >= 11 is 9.07. The van der Waals surface area contributed by atoms with Crippen LogP contribution in [0, 0.1) is 13.8 Å². The lowest BCUT2D eigenvalue weighted by Gasteiger charge is -2.26. The molecule has 1 aliphatic rings. The monoisotopic (exact) mass is 588 g/mol. The van der Waals surface area contributed by atoms with Crippen molar-refractivity contribution in [1.29, 1.82) is 0 Å². The van der Waals surface area contributed by atoms with Crippen molar-refractivity contribution in [2.24, 2.45) is 0 Å². The van der Waals surface area contributed by atoms with Crippen LogP contribution in [0.4, 0.5) is 10.5 Å². The molecule has 4 rings (SSSR count). The predicted octanol–water partition coefficient (Wildman–Crippen LogP) is 5.15. The van der Waals surface area contributed by atoms with Crippen LogP contribution in [0.3, 0.4) is 0 Å². The molecule has 36 heavy (non-hydrogen) atoms. The molecule has 0 unspecified atom stereocenters.